The lowest BCUT2D eigenvalue weighted by atomic mass is 10.2. The lowest BCUT2D eigenvalue weighted by Gasteiger charge is -2.11. The van der Waals surface area contributed by atoms with Crippen molar-refractivity contribution in [3.63, 3.8) is 0 Å². The fourth-order valence-electron chi connectivity index (χ4n) is 1.68. The summed E-state index contributed by atoms with van der Waals surface area (Å²) in [4.78, 5) is 0. The second-order valence-corrected chi connectivity index (χ2v) is 4.78. The van der Waals surface area contributed by atoms with E-state index in [0.29, 0.717) is 11.7 Å². The highest BCUT2D eigenvalue weighted by Crippen LogP contribution is 2.11. The third-order valence-corrected chi connectivity index (χ3v) is 3.05. The van der Waals surface area contributed by atoms with Crippen molar-refractivity contribution in [1.29, 1.82) is 0 Å². The van der Waals surface area contributed by atoms with Gasteiger partial charge in [-0.05, 0) is 42.9 Å². The van der Waals surface area contributed by atoms with Crippen LogP contribution in [-0.4, -0.2) is 5.11 Å². The molecule has 0 aliphatic heterocycles. The molecule has 0 aliphatic rings. The summed E-state index contributed by atoms with van der Waals surface area (Å²) in [6, 6.07) is 15.8. The quantitative estimate of drug-likeness (QED) is 0.593. The Labute approximate surface area is 118 Å². The summed E-state index contributed by atoms with van der Waals surface area (Å²) in [5.41, 5.74) is 9.88. The van der Waals surface area contributed by atoms with Crippen LogP contribution in [0.5, 0.6) is 0 Å². The molecule has 2 rings (SSSR count). The van der Waals surface area contributed by atoms with Crippen LogP contribution in [0.2, 0.25) is 0 Å². The molecule has 98 valence electrons. The van der Waals surface area contributed by atoms with E-state index >= 15 is 0 Å². The summed E-state index contributed by atoms with van der Waals surface area (Å²) in [5, 5.41) is 6.87. The van der Waals surface area contributed by atoms with E-state index in [1.54, 1.807) is 0 Å². The topological polar surface area (TPSA) is 50.1 Å². The van der Waals surface area contributed by atoms with Gasteiger partial charge in [0.25, 0.3) is 0 Å². The molecular weight excluding hydrogens is 254 g/mol. The van der Waals surface area contributed by atoms with Gasteiger partial charge < -0.3 is 16.4 Å². The average Bonchev–Trinajstić information content (AvgIpc) is 2.40. The molecule has 0 aromatic heterocycles. The first-order valence-electron chi connectivity index (χ1n) is 6.10. The molecule has 0 heterocycles. The van der Waals surface area contributed by atoms with Crippen LogP contribution in [0.4, 0.5) is 11.4 Å². The maximum Gasteiger partial charge on any atom is 0.171 e. The van der Waals surface area contributed by atoms with Crippen LogP contribution in [0.3, 0.4) is 0 Å². The second-order valence-electron chi connectivity index (χ2n) is 4.37. The fraction of sp³-hybridized carbons (Fsp3) is 0.133. The standard InChI is InChI=1S/C15H17N3S/c1-11-6-8-13(9-7-11)18-15(19)17-10-12-4-2-3-5-14(12)16/h2-9H,10,16H2,1H3,(H2,17,18,19). The van der Waals surface area contributed by atoms with E-state index in [2.05, 4.69) is 17.6 Å². The van der Waals surface area contributed by atoms with Crippen molar-refractivity contribution >= 4 is 28.7 Å². The number of nitrogens with two attached hydrogens (primary N) is 1. The zero-order chi connectivity index (χ0) is 13.7. The molecule has 0 aliphatic carbocycles. The number of aryl methyl sites for hydroxylation is 1. The van der Waals surface area contributed by atoms with E-state index in [4.69, 9.17) is 18.0 Å². The minimum absolute atomic E-state index is 0.590. The molecule has 0 fully saturated rings. The largest absolute Gasteiger partial charge is 0.398 e. The summed E-state index contributed by atoms with van der Waals surface area (Å²) >= 11 is 5.25. The van der Waals surface area contributed by atoms with Crippen molar-refractivity contribution in [3.05, 3.63) is 59.7 Å². The second kappa shape index (κ2) is 6.20. The SMILES string of the molecule is Cc1ccc(NC(=S)NCc2ccccc2N)cc1. The molecule has 0 atom stereocenters. The summed E-state index contributed by atoms with van der Waals surface area (Å²) in [5.74, 6) is 0. The van der Waals surface area contributed by atoms with Gasteiger partial charge in [0.05, 0.1) is 0 Å². The normalized spacial score (nSPS) is 9.95. The van der Waals surface area contributed by atoms with Crippen LogP contribution in [0.25, 0.3) is 0 Å². The van der Waals surface area contributed by atoms with Gasteiger partial charge in [-0.3, -0.25) is 0 Å². The van der Waals surface area contributed by atoms with Gasteiger partial charge in [0.2, 0.25) is 0 Å². The van der Waals surface area contributed by atoms with Crippen molar-refractivity contribution in [3.8, 4) is 0 Å². The molecule has 0 radical (unpaired) electrons. The maximum absolute atomic E-state index is 5.87. The van der Waals surface area contributed by atoms with Crippen molar-refractivity contribution < 1.29 is 0 Å². The number of rotatable bonds is 3. The minimum Gasteiger partial charge on any atom is -0.398 e. The lowest BCUT2D eigenvalue weighted by molar-refractivity contribution is 0.928. The third-order valence-electron chi connectivity index (χ3n) is 2.80. The molecule has 0 unspecified atom stereocenters. The number of nitrogens with one attached hydrogen (secondary N) is 2. The Bertz CT molecular complexity index is 564. The highest BCUT2D eigenvalue weighted by atomic mass is 32.1. The predicted molar refractivity (Wildman–Crippen MR) is 85.1 cm³/mol. The van der Waals surface area contributed by atoms with Crippen LogP contribution in [0.1, 0.15) is 11.1 Å². The van der Waals surface area contributed by atoms with Gasteiger partial charge in [0.15, 0.2) is 5.11 Å². The summed E-state index contributed by atoms with van der Waals surface area (Å²) in [6.45, 7) is 2.67. The summed E-state index contributed by atoms with van der Waals surface area (Å²) in [7, 11) is 0. The Kier molecular flexibility index (Phi) is 4.36. The van der Waals surface area contributed by atoms with Crippen molar-refractivity contribution in [2.24, 2.45) is 0 Å². The third kappa shape index (κ3) is 3.96. The van der Waals surface area contributed by atoms with Gasteiger partial charge in [-0.2, -0.15) is 0 Å². The Morgan fingerprint density at radius 2 is 1.79 bits per heavy atom. The van der Waals surface area contributed by atoms with E-state index in [-0.39, 0.29) is 0 Å². The number of hydrogen-bond donors (Lipinski definition) is 3. The van der Waals surface area contributed by atoms with E-state index in [9.17, 15) is 0 Å². The van der Waals surface area contributed by atoms with Gasteiger partial charge in [-0.1, -0.05) is 35.9 Å². The van der Waals surface area contributed by atoms with Gasteiger partial charge >= 0.3 is 0 Å². The van der Waals surface area contributed by atoms with Gasteiger partial charge in [-0.25, -0.2) is 0 Å². The molecule has 2 aromatic carbocycles. The number of thiocarbonyl (C=S) groups is 1. The van der Waals surface area contributed by atoms with Gasteiger partial charge in [-0.15, -0.1) is 0 Å². The summed E-state index contributed by atoms with van der Waals surface area (Å²) < 4.78 is 0. The Morgan fingerprint density at radius 3 is 2.47 bits per heavy atom. The van der Waals surface area contributed by atoms with Gasteiger partial charge in [0.1, 0.15) is 0 Å². The molecule has 2 aromatic rings. The maximum atomic E-state index is 5.87. The van der Waals surface area contributed by atoms with Crippen LogP contribution in [0.15, 0.2) is 48.5 Å². The number of nitrogen functional groups attached to an aromatic ring is 1. The number of benzene rings is 2. The smallest absolute Gasteiger partial charge is 0.171 e. The van der Waals surface area contributed by atoms with Crippen LogP contribution >= 0.6 is 12.2 Å². The Balaban J connectivity index is 1.88. The molecule has 0 saturated carbocycles. The zero-order valence-electron chi connectivity index (χ0n) is 10.8. The van der Waals surface area contributed by atoms with E-state index in [1.807, 2.05) is 48.5 Å². The van der Waals surface area contributed by atoms with Gasteiger partial charge in [0, 0.05) is 17.9 Å². The van der Waals surface area contributed by atoms with Crippen molar-refractivity contribution in [2.45, 2.75) is 13.5 Å². The van der Waals surface area contributed by atoms with E-state index in [1.165, 1.54) is 5.56 Å². The Morgan fingerprint density at radius 1 is 1.11 bits per heavy atom. The highest BCUT2D eigenvalue weighted by Gasteiger charge is 2.00. The first-order chi connectivity index (χ1) is 9.15. The van der Waals surface area contributed by atoms with E-state index < -0.39 is 0 Å². The first kappa shape index (κ1) is 13.4. The van der Waals surface area contributed by atoms with Crippen molar-refractivity contribution in [1.82, 2.24) is 5.32 Å². The number of hydrogen-bond acceptors (Lipinski definition) is 2. The van der Waals surface area contributed by atoms with Crippen LogP contribution in [-0.2, 0) is 6.54 Å². The molecule has 3 nitrogen and oxygen atoms in total. The molecule has 4 heteroatoms. The molecule has 19 heavy (non-hydrogen) atoms. The summed E-state index contributed by atoms with van der Waals surface area (Å²) in [6.07, 6.45) is 0. The van der Waals surface area contributed by atoms with E-state index in [0.717, 1.165) is 16.9 Å². The number of anilines is 2. The lowest BCUT2D eigenvalue weighted by Crippen LogP contribution is -2.28. The monoisotopic (exact) mass is 271 g/mol. The minimum atomic E-state index is 0.590. The van der Waals surface area contributed by atoms with Crippen LogP contribution in [0, 0.1) is 6.92 Å². The Hall–Kier alpha value is -2.07. The molecule has 4 N–H and O–H groups in total. The molecule has 0 spiro atoms. The average molecular weight is 271 g/mol. The molecule has 0 amide bonds. The molecule has 0 bridgehead atoms. The number of para-hydroxylation sites is 1. The zero-order valence-corrected chi connectivity index (χ0v) is 11.6. The molecular formula is C15H17N3S. The predicted octanol–water partition coefficient (Wildman–Crippen LogP) is 3.06. The van der Waals surface area contributed by atoms with Crippen molar-refractivity contribution in [2.75, 3.05) is 11.1 Å². The molecule has 0 saturated heterocycles. The van der Waals surface area contributed by atoms with Crippen LogP contribution < -0.4 is 16.4 Å². The highest BCUT2D eigenvalue weighted by molar-refractivity contribution is 7.80. The first-order valence-corrected chi connectivity index (χ1v) is 6.51. The fourth-order valence-corrected chi connectivity index (χ4v) is 1.87.